The lowest BCUT2D eigenvalue weighted by Crippen LogP contribution is -2.27. The molecule has 0 saturated heterocycles. The first-order valence-corrected chi connectivity index (χ1v) is 7.15. The Morgan fingerprint density at radius 3 is 2.89 bits per heavy atom. The summed E-state index contributed by atoms with van der Waals surface area (Å²) in [4.78, 5) is 1.24. The summed E-state index contributed by atoms with van der Waals surface area (Å²) in [6, 6.07) is 9.92. The van der Waals surface area contributed by atoms with Crippen LogP contribution in [0.3, 0.4) is 0 Å². The average molecular weight is 297 g/mol. The number of hydrogen-bond donors (Lipinski definition) is 2. The molecule has 0 bridgehead atoms. The van der Waals surface area contributed by atoms with Gasteiger partial charge in [0.25, 0.3) is 0 Å². The van der Waals surface area contributed by atoms with Gasteiger partial charge in [-0.3, -0.25) is 0 Å². The molecule has 2 nitrogen and oxygen atoms in total. The van der Waals surface area contributed by atoms with E-state index in [0.717, 1.165) is 17.8 Å². The van der Waals surface area contributed by atoms with E-state index in [2.05, 4.69) is 16.7 Å². The number of nitrogens with one attached hydrogen (secondary N) is 2. The van der Waals surface area contributed by atoms with Crippen LogP contribution in [0.25, 0.3) is 0 Å². The van der Waals surface area contributed by atoms with Crippen LogP contribution in [0.2, 0.25) is 5.02 Å². The van der Waals surface area contributed by atoms with Crippen molar-refractivity contribution in [3.63, 3.8) is 0 Å². The normalized spacial score (nSPS) is 10.1. The molecule has 0 saturated carbocycles. The first kappa shape index (κ1) is 13.3. The number of aryl methyl sites for hydroxylation is 1. The second-order valence-corrected chi connectivity index (χ2v) is 5.72. The van der Waals surface area contributed by atoms with Crippen molar-refractivity contribution in [2.45, 2.75) is 13.5 Å². The molecule has 0 fully saturated rings. The summed E-state index contributed by atoms with van der Waals surface area (Å²) in [5.74, 6) is 0. The largest absolute Gasteiger partial charge is 0.358 e. The van der Waals surface area contributed by atoms with Crippen molar-refractivity contribution < 1.29 is 0 Å². The number of rotatable bonds is 3. The fraction of sp³-hybridized carbons (Fsp3) is 0.154. The third kappa shape index (κ3) is 3.70. The van der Waals surface area contributed by atoms with Gasteiger partial charge < -0.3 is 10.6 Å². The van der Waals surface area contributed by atoms with E-state index in [1.165, 1.54) is 4.88 Å². The number of hydrogen-bond acceptors (Lipinski definition) is 2. The molecule has 0 atom stereocenters. The Hall–Kier alpha value is -1.10. The first-order chi connectivity index (χ1) is 8.65. The molecule has 1 aromatic carbocycles. The van der Waals surface area contributed by atoms with Crippen LogP contribution in [0.5, 0.6) is 0 Å². The zero-order valence-corrected chi connectivity index (χ0v) is 12.3. The van der Waals surface area contributed by atoms with Gasteiger partial charge in [0.1, 0.15) is 0 Å². The van der Waals surface area contributed by atoms with Crippen LogP contribution in [-0.2, 0) is 6.54 Å². The van der Waals surface area contributed by atoms with Crippen LogP contribution < -0.4 is 10.6 Å². The predicted molar refractivity (Wildman–Crippen MR) is 83.6 cm³/mol. The third-order valence-electron chi connectivity index (χ3n) is 2.38. The summed E-state index contributed by atoms with van der Waals surface area (Å²) < 4.78 is 0. The number of anilines is 1. The van der Waals surface area contributed by atoms with Gasteiger partial charge in [0.05, 0.1) is 17.3 Å². The highest BCUT2D eigenvalue weighted by atomic mass is 35.5. The molecular formula is C13H13ClN2S2. The van der Waals surface area contributed by atoms with E-state index < -0.39 is 0 Å². The maximum atomic E-state index is 6.13. The maximum absolute atomic E-state index is 6.13. The molecule has 5 heteroatoms. The van der Waals surface area contributed by atoms with E-state index in [1.807, 2.05) is 36.6 Å². The van der Waals surface area contributed by atoms with E-state index in [1.54, 1.807) is 11.3 Å². The molecule has 0 aliphatic carbocycles. The van der Waals surface area contributed by atoms with Crippen LogP contribution in [0.1, 0.15) is 10.4 Å². The zero-order valence-electron chi connectivity index (χ0n) is 9.87. The molecule has 18 heavy (non-hydrogen) atoms. The topological polar surface area (TPSA) is 24.1 Å². The molecule has 1 heterocycles. The van der Waals surface area contributed by atoms with Gasteiger partial charge in [-0.1, -0.05) is 23.7 Å². The average Bonchev–Trinajstić information content (AvgIpc) is 2.83. The summed E-state index contributed by atoms with van der Waals surface area (Å²) in [7, 11) is 0. The molecule has 0 radical (unpaired) electrons. The zero-order chi connectivity index (χ0) is 13.0. The molecule has 1 aromatic heterocycles. The van der Waals surface area contributed by atoms with E-state index in [0.29, 0.717) is 10.1 Å². The number of benzene rings is 1. The van der Waals surface area contributed by atoms with Gasteiger partial charge in [0.2, 0.25) is 0 Å². The molecule has 2 rings (SSSR count). The second-order valence-electron chi connectivity index (χ2n) is 3.87. The second kappa shape index (κ2) is 6.18. The molecule has 0 aliphatic heterocycles. The van der Waals surface area contributed by atoms with Crippen LogP contribution in [0, 0.1) is 6.92 Å². The van der Waals surface area contributed by atoms with Crippen LogP contribution in [0.15, 0.2) is 35.7 Å². The van der Waals surface area contributed by atoms with Gasteiger partial charge in [-0.05, 0) is 48.3 Å². The predicted octanol–water partition coefficient (Wildman–Crippen LogP) is 4.20. The molecule has 0 amide bonds. The molecule has 0 spiro atoms. The highest BCUT2D eigenvalue weighted by Gasteiger charge is 2.03. The van der Waals surface area contributed by atoms with E-state index in [9.17, 15) is 0 Å². The van der Waals surface area contributed by atoms with Crippen molar-refractivity contribution in [1.29, 1.82) is 0 Å². The quantitative estimate of drug-likeness (QED) is 0.830. The molecule has 2 N–H and O–H groups in total. The maximum Gasteiger partial charge on any atom is 0.171 e. The number of thiophene rings is 1. The van der Waals surface area contributed by atoms with Crippen molar-refractivity contribution >= 4 is 46.0 Å². The summed E-state index contributed by atoms with van der Waals surface area (Å²) >= 11 is 13.1. The summed E-state index contributed by atoms with van der Waals surface area (Å²) in [5.41, 5.74) is 1.95. The molecule has 0 unspecified atom stereocenters. The van der Waals surface area contributed by atoms with E-state index in [4.69, 9.17) is 23.8 Å². The van der Waals surface area contributed by atoms with Crippen molar-refractivity contribution in [2.24, 2.45) is 0 Å². The van der Waals surface area contributed by atoms with Crippen molar-refractivity contribution in [3.8, 4) is 0 Å². The smallest absolute Gasteiger partial charge is 0.171 e. The van der Waals surface area contributed by atoms with Gasteiger partial charge in [-0.25, -0.2) is 0 Å². The van der Waals surface area contributed by atoms with Gasteiger partial charge in [-0.2, -0.15) is 0 Å². The minimum absolute atomic E-state index is 0.578. The van der Waals surface area contributed by atoms with Gasteiger partial charge >= 0.3 is 0 Å². The standard InChI is InChI=1S/C13H13ClN2S2/c1-9-4-5-12(11(14)7-9)16-13(17)15-8-10-3-2-6-18-10/h2-7H,8H2,1H3,(H2,15,16,17). The van der Waals surface area contributed by atoms with Gasteiger partial charge in [-0.15, -0.1) is 11.3 Å². The number of thiocarbonyl (C=S) groups is 1. The molecular weight excluding hydrogens is 284 g/mol. The van der Waals surface area contributed by atoms with E-state index >= 15 is 0 Å². The van der Waals surface area contributed by atoms with Crippen molar-refractivity contribution in [1.82, 2.24) is 5.32 Å². The highest BCUT2D eigenvalue weighted by molar-refractivity contribution is 7.80. The monoisotopic (exact) mass is 296 g/mol. The lowest BCUT2D eigenvalue weighted by Gasteiger charge is -2.11. The molecule has 94 valence electrons. The Morgan fingerprint density at radius 1 is 1.39 bits per heavy atom. The van der Waals surface area contributed by atoms with Gasteiger partial charge in [0.15, 0.2) is 5.11 Å². The van der Waals surface area contributed by atoms with E-state index in [-0.39, 0.29) is 0 Å². The summed E-state index contributed by atoms with van der Waals surface area (Å²) in [6.45, 7) is 2.73. The lowest BCUT2D eigenvalue weighted by atomic mass is 10.2. The van der Waals surface area contributed by atoms with Crippen molar-refractivity contribution in [3.05, 3.63) is 51.2 Å². The summed E-state index contributed by atoms with van der Waals surface area (Å²) in [6.07, 6.45) is 0. The fourth-order valence-electron chi connectivity index (χ4n) is 1.47. The Balaban J connectivity index is 1.91. The Labute approximate surface area is 121 Å². The Kier molecular flexibility index (Phi) is 4.58. The summed E-state index contributed by atoms with van der Waals surface area (Å²) in [5, 5.41) is 9.54. The molecule has 2 aromatic rings. The highest BCUT2D eigenvalue weighted by Crippen LogP contribution is 2.22. The lowest BCUT2D eigenvalue weighted by molar-refractivity contribution is 0.946. The third-order valence-corrected chi connectivity index (χ3v) is 3.81. The Morgan fingerprint density at radius 2 is 2.22 bits per heavy atom. The van der Waals surface area contributed by atoms with Crippen LogP contribution in [-0.4, -0.2) is 5.11 Å². The minimum Gasteiger partial charge on any atom is -0.358 e. The minimum atomic E-state index is 0.578. The SMILES string of the molecule is Cc1ccc(NC(=S)NCc2cccs2)c(Cl)c1. The Bertz CT molecular complexity index is 538. The number of halogens is 1. The van der Waals surface area contributed by atoms with Gasteiger partial charge in [0, 0.05) is 4.88 Å². The van der Waals surface area contributed by atoms with Crippen LogP contribution >= 0.6 is 35.2 Å². The molecule has 0 aliphatic rings. The van der Waals surface area contributed by atoms with Crippen molar-refractivity contribution in [2.75, 3.05) is 5.32 Å². The first-order valence-electron chi connectivity index (χ1n) is 5.48. The van der Waals surface area contributed by atoms with Crippen LogP contribution in [0.4, 0.5) is 5.69 Å². The fourth-order valence-corrected chi connectivity index (χ4v) is 2.58.